The maximum Gasteiger partial charge on any atom is 0.226 e. The first kappa shape index (κ1) is 24.9. The molecule has 186 valence electrons. The molecule has 0 spiro atoms. The standard InChI is InChI=1S/C28H32N6O2/c1-22(35)29-15-16-30-25-21-26(32-28(31-25)24-12-6-3-7-13-24)33-17-19-34(20-18-33)27(36)14-8-11-23-9-4-2-5-10-23/h2-13,21H,14-20H2,1H3,(H,29,35)(H,30,31,32)/b11-8+. The summed E-state index contributed by atoms with van der Waals surface area (Å²) in [6.45, 7) is 5.26. The van der Waals surface area contributed by atoms with E-state index in [-0.39, 0.29) is 11.8 Å². The van der Waals surface area contributed by atoms with E-state index < -0.39 is 0 Å². The number of carbonyl (C=O) groups is 2. The van der Waals surface area contributed by atoms with Gasteiger partial charge in [-0.1, -0.05) is 72.8 Å². The Bertz CT molecular complexity index is 1180. The van der Waals surface area contributed by atoms with Crippen molar-refractivity contribution in [3.63, 3.8) is 0 Å². The van der Waals surface area contributed by atoms with Gasteiger partial charge in [0.1, 0.15) is 11.6 Å². The molecule has 0 aliphatic carbocycles. The Kier molecular flexibility index (Phi) is 8.64. The highest BCUT2D eigenvalue weighted by Gasteiger charge is 2.22. The summed E-state index contributed by atoms with van der Waals surface area (Å²) in [6, 6.07) is 21.8. The van der Waals surface area contributed by atoms with Crippen LogP contribution in [0.2, 0.25) is 0 Å². The quantitative estimate of drug-likeness (QED) is 0.452. The predicted octanol–water partition coefficient (Wildman–Crippen LogP) is 3.44. The average Bonchev–Trinajstić information content (AvgIpc) is 2.92. The molecule has 0 unspecified atom stereocenters. The van der Waals surface area contributed by atoms with Crippen LogP contribution in [0, 0.1) is 0 Å². The van der Waals surface area contributed by atoms with Crippen molar-refractivity contribution in [3.05, 3.63) is 78.4 Å². The molecule has 2 N–H and O–H groups in total. The van der Waals surface area contributed by atoms with Crippen LogP contribution in [0.3, 0.4) is 0 Å². The number of aromatic nitrogens is 2. The Morgan fingerprint density at radius 2 is 1.61 bits per heavy atom. The Hall–Kier alpha value is -4.20. The van der Waals surface area contributed by atoms with Crippen molar-refractivity contribution in [1.82, 2.24) is 20.2 Å². The SMILES string of the molecule is CC(=O)NCCNc1cc(N2CCN(C(=O)C/C=C/c3ccccc3)CC2)nc(-c2ccccc2)n1. The number of hydrogen-bond donors (Lipinski definition) is 2. The summed E-state index contributed by atoms with van der Waals surface area (Å²) >= 11 is 0. The third-order valence-electron chi connectivity index (χ3n) is 5.91. The van der Waals surface area contributed by atoms with Crippen LogP contribution >= 0.6 is 0 Å². The lowest BCUT2D eigenvalue weighted by molar-refractivity contribution is -0.130. The van der Waals surface area contributed by atoms with Crippen LogP contribution in [-0.4, -0.2) is 66.0 Å². The zero-order valence-electron chi connectivity index (χ0n) is 20.6. The van der Waals surface area contributed by atoms with Crippen molar-refractivity contribution < 1.29 is 9.59 Å². The summed E-state index contributed by atoms with van der Waals surface area (Å²) in [6.07, 6.45) is 4.31. The first-order chi connectivity index (χ1) is 17.6. The van der Waals surface area contributed by atoms with Gasteiger partial charge in [0.2, 0.25) is 11.8 Å². The summed E-state index contributed by atoms with van der Waals surface area (Å²) in [7, 11) is 0. The largest absolute Gasteiger partial charge is 0.368 e. The number of rotatable bonds is 9. The smallest absolute Gasteiger partial charge is 0.226 e. The molecule has 8 heteroatoms. The van der Waals surface area contributed by atoms with Gasteiger partial charge < -0.3 is 20.4 Å². The van der Waals surface area contributed by atoms with Crippen molar-refractivity contribution in [2.45, 2.75) is 13.3 Å². The van der Waals surface area contributed by atoms with E-state index in [0.29, 0.717) is 57.3 Å². The molecule has 1 aliphatic rings. The summed E-state index contributed by atoms with van der Waals surface area (Å²) in [5, 5.41) is 6.07. The van der Waals surface area contributed by atoms with Crippen LogP contribution in [0.5, 0.6) is 0 Å². The molecule has 0 atom stereocenters. The number of benzene rings is 2. The monoisotopic (exact) mass is 484 g/mol. The van der Waals surface area contributed by atoms with E-state index in [2.05, 4.69) is 20.5 Å². The molecule has 1 fully saturated rings. The first-order valence-corrected chi connectivity index (χ1v) is 12.3. The highest BCUT2D eigenvalue weighted by atomic mass is 16.2. The normalized spacial score (nSPS) is 13.6. The molecule has 1 aromatic heterocycles. The number of amides is 2. The van der Waals surface area contributed by atoms with Crippen LogP contribution in [-0.2, 0) is 9.59 Å². The third-order valence-corrected chi connectivity index (χ3v) is 5.91. The summed E-state index contributed by atoms with van der Waals surface area (Å²) in [5.74, 6) is 2.23. The van der Waals surface area contributed by atoms with Gasteiger partial charge in [-0.25, -0.2) is 9.97 Å². The molecule has 2 heterocycles. The Labute approximate surface area is 212 Å². The second-order valence-corrected chi connectivity index (χ2v) is 8.60. The first-order valence-electron chi connectivity index (χ1n) is 12.3. The molecule has 3 aromatic rings. The average molecular weight is 485 g/mol. The van der Waals surface area contributed by atoms with Crippen LogP contribution < -0.4 is 15.5 Å². The molecule has 4 rings (SSSR count). The van der Waals surface area contributed by atoms with E-state index in [4.69, 9.17) is 4.98 Å². The fourth-order valence-electron chi connectivity index (χ4n) is 4.01. The van der Waals surface area contributed by atoms with Gasteiger partial charge in [-0.15, -0.1) is 0 Å². The van der Waals surface area contributed by atoms with Gasteiger partial charge in [0, 0.05) is 64.2 Å². The highest BCUT2D eigenvalue weighted by molar-refractivity contribution is 5.79. The van der Waals surface area contributed by atoms with E-state index in [1.807, 2.05) is 83.8 Å². The second kappa shape index (κ2) is 12.5. The zero-order chi connectivity index (χ0) is 25.2. The molecule has 1 saturated heterocycles. The lowest BCUT2D eigenvalue weighted by Crippen LogP contribution is -2.49. The number of piperazine rings is 1. The number of carbonyl (C=O) groups excluding carboxylic acids is 2. The zero-order valence-corrected chi connectivity index (χ0v) is 20.6. The lowest BCUT2D eigenvalue weighted by atomic mass is 10.2. The van der Waals surface area contributed by atoms with Crippen LogP contribution in [0.1, 0.15) is 18.9 Å². The van der Waals surface area contributed by atoms with Crippen molar-refractivity contribution in [2.24, 2.45) is 0 Å². The maximum atomic E-state index is 12.7. The fraction of sp³-hybridized carbons (Fsp3) is 0.286. The molecule has 2 amide bonds. The molecule has 8 nitrogen and oxygen atoms in total. The van der Waals surface area contributed by atoms with Gasteiger partial charge in [-0.3, -0.25) is 9.59 Å². The fourth-order valence-corrected chi connectivity index (χ4v) is 4.01. The van der Waals surface area contributed by atoms with Crippen LogP contribution in [0.15, 0.2) is 72.8 Å². The molecule has 2 aromatic carbocycles. The van der Waals surface area contributed by atoms with Crippen LogP contribution in [0.25, 0.3) is 17.5 Å². The molecule has 1 aliphatic heterocycles. The van der Waals surface area contributed by atoms with E-state index >= 15 is 0 Å². The van der Waals surface area contributed by atoms with Gasteiger partial charge in [0.15, 0.2) is 5.82 Å². The van der Waals surface area contributed by atoms with Crippen molar-refractivity contribution in [1.29, 1.82) is 0 Å². The van der Waals surface area contributed by atoms with E-state index in [9.17, 15) is 9.59 Å². The molecule has 0 radical (unpaired) electrons. The molecule has 0 saturated carbocycles. The number of nitrogens with zero attached hydrogens (tertiary/aromatic N) is 4. The predicted molar refractivity (Wildman–Crippen MR) is 144 cm³/mol. The van der Waals surface area contributed by atoms with E-state index in [1.54, 1.807) is 0 Å². The van der Waals surface area contributed by atoms with Gasteiger partial charge in [0.25, 0.3) is 0 Å². The highest BCUT2D eigenvalue weighted by Crippen LogP contribution is 2.23. The molecular weight excluding hydrogens is 452 g/mol. The molecule has 36 heavy (non-hydrogen) atoms. The number of anilines is 2. The van der Waals surface area contributed by atoms with Crippen molar-refractivity contribution in [2.75, 3.05) is 49.5 Å². The van der Waals surface area contributed by atoms with Gasteiger partial charge in [-0.05, 0) is 5.56 Å². The number of nitrogens with one attached hydrogen (secondary N) is 2. The minimum atomic E-state index is -0.0619. The molecule has 0 bridgehead atoms. The van der Waals surface area contributed by atoms with E-state index in [1.165, 1.54) is 6.92 Å². The molecular formula is C28H32N6O2. The van der Waals surface area contributed by atoms with E-state index in [0.717, 1.165) is 16.9 Å². The Morgan fingerprint density at radius 3 is 2.31 bits per heavy atom. The van der Waals surface area contributed by atoms with Crippen molar-refractivity contribution in [3.8, 4) is 11.4 Å². The number of hydrogen-bond acceptors (Lipinski definition) is 6. The topological polar surface area (TPSA) is 90.5 Å². The summed E-state index contributed by atoms with van der Waals surface area (Å²) in [5.41, 5.74) is 2.03. The summed E-state index contributed by atoms with van der Waals surface area (Å²) in [4.78, 5) is 37.5. The van der Waals surface area contributed by atoms with Crippen molar-refractivity contribution >= 4 is 29.5 Å². The van der Waals surface area contributed by atoms with Gasteiger partial charge in [0.05, 0.1) is 0 Å². The third kappa shape index (κ3) is 7.15. The lowest BCUT2D eigenvalue weighted by Gasteiger charge is -2.35. The van der Waals surface area contributed by atoms with Gasteiger partial charge >= 0.3 is 0 Å². The second-order valence-electron chi connectivity index (χ2n) is 8.60. The van der Waals surface area contributed by atoms with Crippen LogP contribution in [0.4, 0.5) is 11.6 Å². The Balaban J connectivity index is 1.39. The minimum Gasteiger partial charge on any atom is -0.368 e. The van der Waals surface area contributed by atoms with Gasteiger partial charge in [-0.2, -0.15) is 0 Å². The maximum absolute atomic E-state index is 12.7. The Morgan fingerprint density at radius 1 is 0.917 bits per heavy atom. The minimum absolute atomic E-state index is 0.0619. The summed E-state index contributed by atoms with van der Waals surface area (Å²) < 4.78 is 0.